The Morgan fingerprint density at radius 3 is 2.18 bits per heavy atom. The fraction of sp³-hybridized carbons (Fsp3) is 1.00. The summed E-state index contributed by atoms with van der Waals surface area (Å²) in [5, 5.41) is 9.16. The van der Waals surface area contributed by atoms with Crippen LogP contribution in [0.3, 0.4) is 0 Å². The van der Waals surface area contributed by atoms with Crippen molar-refractivity contribution in [2.24, 2.45) is 5.41 Å². The quantitative estimate of drug-likeness (QED) is 0.622. The predicted molar refractivity (Wildman–Crippen MR) is 39.3 cm³/mol. The van der Waals surface area contributed by atoms with Crippen LogP contribution in [0.1, 0.15) is 13.3 Å². The second kappa shape index (κ2) is 2.19. The summed E-state index contributed by atoms with van der Waals surface area (Å²) in [5.41, 5.74) is -0.203. The summed E-state index contributed by atoms with van der Waals surface area (Å²) in [7, 11) is 0. The van der Waals surface area contributed by atoms with Crippen LogP contribution in [0.4, 0.5) is 0 Å². The predicted octanol–water partition coefficient (Wildman–Crippen LogP) is 0.174. The van der Waals surface area contributed by atoms with Gasteiger partial charge in [0, 0.05) is 11.8 Å². The molecule has 2 saturated heterocycles. The average molecular weight is 158 g/mol. The van der Waals surface area contributed by atoms with Crippen LogP contribution in [0.15, 0.2) is 0 Å². The van der Waals surface area contributed by atoms with E-state index in [0.29, 0.717) is 0 Å². The van der Waals surface area contributed by atoms with E-state index < -0.39 is 0 Å². The Kier molecular flexibility index (Phi) is 1.50. The molecule has 0 aromatic heterocycles. The number of aliphatic hydroxyl groups is 1. The number of hydrogen-bond acceptors (Lipinski definition) is 3. The molecule has 2 heterocycles. The smallest absolute Gasteiger partial charge is 0.103 e. The molecule has 0 amide bonds. The van der Waals surface area contributed by atoms with Gasteiger partial charge in [0.15, 0.2) is 0 Å². The van der Waals surface area contributed by atoms with Gasteiger partial charge in [0.05, 0.1) is 26.4 Å². The van der Waals surface area contributed by atoms with E-state index in [0.717, 1.165) is 26.2 Å². The molecule has 2 aliphatic rings. The van der Waals surface area contributed by atoms with Gasteiger partial charge >= 0.3 is 0 Å². The van der Waals surface area contributed by atoms with Gasteiger partial charge in [-0.1, -0.05) is 6.92 Å². The third kappa shape index (κ3) is 0.789. The molecule has 0 aromatic carbocycles. The highest BCUT2D eigenvalue weighted by Crippen LogP contribution is 2.47. The third-order valence-corrected chi connectivity index (χ3v) is 3.08. The second-order valence-corrected chi connectivity index (χ2v) is 3.80. The van der Waals surface area contributed by atoms with Gasteiger partial charge in [0.1, 0.15) is 5.60 Å². The lowest BCUT2D eigenvalue weighted by Gasteiger charge is -2.56. The number of ether oxygens (including phenoxy) is 2. The zero-order valence-electron chi connectivity index (χ0n) is 6.80. The van der Waals surface area contributed by atoms with Gasteiger partial charge in [-0.05, 0) is 0 Å². The number of rotatable bonds is 2. The highest BCUT2D eigenvalue weighted by atomic mass is 16.6. The Labute approximate surface area is 66.3 Å². The van der Waals surface area contributed by atoms with Crippen LogP contribution in [0.25, 0.3) is 0 Å². The van der Waals surface area contributed by atoms with Crippen molar-refractivity contribution in [2.45, 2.75) is 18.9 Å². The first-order valence-corrected chi connectivity index (χ1v) is 4.05. The van der Waals surface area contributed by atoms with Crippen molar-refractivity contribution in [3.05, 3.63) is 0 Å². The molecule has 0 spiro atoms. The Balaban J connectivity index is 2.10. The molecule has 0 saturated carbocycles. The van der Waals surface area contributed by atoms with E-state index in [1.165, 1.54) is 0 Å². The molecule has 0 bridgehead atoms. The summed E-state index contributed by atoms with van der Waals surface area (Å²) in [6, 6.07) is 0. The first-order valence-electron chi connectivity index (χ1n) is 4.05. The minimum atomic E-state index is -0.273. The lowest BCUT2D eigenvalue weighted by molar-refractivity contribution is -0.295. The van der Waals surface area contributed by atoms with Crippen LogP contribution < -0.4 is 0 Å². The van der Waals surface area contributed by atoms with Crippen molar-refractivity contribution in [3.8, 4) is 0 Å². The van der Waals surface area contributed by atoms with Crippen LogP contribution in [-0.2, 0) is 9.47 Å². The van der Waals surface area contributed by atoms with E-state index >= 15 is 0 Å². The summed E-state index contributed by atoms with van der Waals surface area (Å²) in [6.45, 7) is 4.50. The van der Waals surface area contributed by atoms with E-state index in [1.54, 1.807) is 0 Å². The Morgan fingerprint density at radius 1 is 1.45 bits per heavy atom. The monoisotopic (exact) mass is 158 g/mol. The van der Waals surface area contributed by atoms with Gasteiger partial charge in [0.25, 0.3) is 0 Å². The minimum Gasteiger partial charge on any atom is -0.393 e. The van der Waals surface area contributed by atoms with Gasteiger partial charge in [-0.3, -0.25) is 0 Å². The maximum Gasteiger partial charge on any atom is 0.103 e. The molecule has 2 aliphatic heterocycles. The molecule has 11 heavy (non-hydrogen) atoms. The molecule has 1 unspecified atom stereocenters. The van der Waals surface area contributed by atoms with Gasteiger partial charge in [0.2, 0.25) is 0 Å². The molecule has 0 aromatic rings. The zero-order valence-corrected chi connectivity index (χ0v) is 6.80. The standard InChI is InChI=1S/C8H14O3/c1-7(5-10-6-7)8(4-9)2-3-11-8/h9H,2-6H2,1H3. The van der Waals surface area contributed by atoms with E-state index in [1.807, 2.05) is 0 Å². The van der Waals surface area contributed by atoms with Crippen LogP contribution >= 0.6 is 0 Å². The van der Waals surface area contributed by atoms with Crippen molar-refractivity contribution < 1.29 is 14.6 Å². The average Bonchev–Trinajstić information content (AvgIpc) is 1.83. The molecule has 64 valence electrons. The molecule has 3 heteroatoms. The number of aliphatic hydroxyl groups excluding tert-OH is 1. The van der Waals surface area contributed by atoms with E-state index in [9.17, 15) is 0 Å². The van der Waals surface area contributed by atoms with Crippen LogP contribution in [-0.4, -0.2) is 37.1 Å². The zero-order chi connectivity index (χ0) is 7.95. The Morgan fingerprint density at radius 2 is 2.09 bits per heavy atom. The molecule has 2 fully saturated rings. The van der Waals surface area contributed by atoms with Crippen LogP contribution in [0.2, 0.25) is 0 Å². The maximum atomic E-state index is 9.16. The Bertz CT molecular complexity index is 153. The highest BCUT2D eigenvalue weighted by molar-refractivity contribution is 5.04. The highest BCUT2D eigenvalue weighted by Gasteiger charge is 2.57. The summed E-state index contributed by atoms with van der Waals surface area (Å²) in [5.74, 6) is 0. The van der Waals surface area contributed by atoms with E-state index in [4.69, 9.17) is 14.6 Å². The van der Waals surface area contributed by atoms with Crippen molar-refractivity contribution in [1.29, 1.82) is 0 Å². The fourth-order valence-corrected chi connectivity index (χ4v) is 1.81. The van der Waals surface area contributed by atoms with Crippen LogP contribution in [0.5, 0.6) is 0 Å². The molecule has 1 atom stereocenters. The van der Waals surface area contributed by atoms with Crippen LogP contribution in [0, 0.1) is 5.41 Å². The lowest BCUT2D eigenvalue weighted by Crippen LogP contribution is -2.66. The molecule has 2 rings (SSSR count). The first-order chi connectivity index (χ1) is 5.22. The second-order valence-electron chi connectivity index (χ2n) is 3.80. The van der Waals surface area contributed by atoms with E-state index in [-0.39, 0.29) is 17.6 Å². The van der Waals surface area contributed by atoms with Gasteiger partial charge in [-0.25, -0.2) is 0 Å². The molecule has 0 radical (unpaired) electrons. The number of hydrogen-bond donors (Lipinski definition) is 1. The maximum absolute atomic E-state index is 9.16. The molecule has 3 nitrogen and oxygen atoms in total. The summed E-state index contributed by atoms with van der Waals surface area (Å²) in [6.07, 6.45) is 0.976. The topological polar surface area (TPSA) is 38.7 Å². The molecular formula is C8H14O3. The molecule has 0 aliphatic carbocycles. The third-order valence-electron chi connectivity index (χ3n) is 3.08. The van der Waals surface area contributed by atoms with Crippen molar-refractivity contribution in [2.75, 3.05) is 26.4 Å². The van der Waals surface area contributed by atoms with Crippen molar-refractivity contribution >= 4 is 0 Å². The van der Waals surface area contributed by atoms with Crippen molar-refractivity contribution in [1.82, 2.24) is 0 Å². The van der Waals surface area contributed by atoms with Gasteiger partial charge in [-0.15, -0.1) is 0 Å². The summed E-state index contributed by atoms with van der Waals surface area (Å²) < 4.78 is 10.6. The first kappa shape index (κ1) is 7.53. The Hall–Kier alpha value is -0.120. The van der Waals surface area contributed by atoms with Crippen molar-refractivity contribution in [3.63, 3.8) is 0 Å². The van der Waals surface area contributed by atoms with E-state index in [2.05, 4.69) is 6.92 Å². The SMILES string of the molecule is CC1(C2(CO)CCO2)COC1. The van der Waals surface area contributed by atoms with Gasteiger partial charge in [-0.2, -0.15) is 0 Å². The summed E-state index contributed by atoms with van der Waals surface area (Å²) >= 11 is 0. The lowest BCUT2D eigenvalue weighted by atomic mass is 9.68. The largest absolute Gasteiger partial charge is 0.393 e. The summed E-state index contributed by atoms with van der Waals surface area (Å²) in [4.78, 5) is 0. The molecular weight excluding hydrogens is 144 g/mol. The molecule has 1 N–H and O–H groups in total. The fourth-order valence-electron chi connectivity index (χ4n) is 1.81. The van der Waals surface area contributed by atoms with Gasteiger partial charge < -0.3 is 14.6 Å². The normalized spacial score (nSPS) is 40.9. The minimum absolute atomic E-state index is 0.0694.